The van der Waals surface area contributed by atoms with Gasteiger partial charge in [-0.2, -0.15) is 0 Å². The lowest BCUT2D eigenvalue weighted by atomic mass is 10.1. The minimum Gasteiger partial charge on any atom is -0.335 e. The van der Waals surface area contributed by atoms with Gasteiger partial charge in [0.2, 0.25) is 0 Å². The van der Waals surface area contributed by atoms with Gasteiger partial charge < -0.3 is 4.90 Å². The Kier molecular flexibility index (Phi) is 5.43. The Bertz CT molecular complexity index is 657. The van der Waals surface area contributed by atoms with E-state index in [9.17, 15) is 4.79 Å². The molecule has 0 saturated carbocycles. The van der Waals surface area contributed by atoms with E-state index in [1.54, 1.807) is 4.90 Å². The zero-order valence-corrected chi connectivity index (χ0v) is 14.4. The first kappa shape index (κ1) is 16.1. The zero-order valence-electron chi connectivity index (χ0n) is 12.1. The van der Waals surface area contributed by atoms with Crippen LogP contribution in [0.1, 0.15) is 28.4 Å². The van der Waals surface area contributed by atoms with E-state index in [0.29, 0.717) is 23.7 Å². The lowest BCUT2D eigenvalue weighted by Gasteiger charge is -2.22. The van der Waals surface area contributed by atoms with Crippen LogP contribution in [0.25, 0.3) is 0 Å². The first-order valence-electron chi connectivity index (χ1n) is 6.82. The number of hydrogen-bond acceptors (Lipinski definition) is 1. The molecule has 0 unspecified atom stereocenters. The van der Waals surface area contributed by atoms with Crippen molar-refractivity contribution in [3.63, 3.8) is 0 Å². The van der Waals surface area contributed by atoms with E-state index in [1.807, 2.05) is 56.3 Å². The Morgan fingerprint density at radius 3 is 2.57 bits per heavy atom. The third-order valence-corrected chi connectivity index (χ3v) is 4.83. The molecule has 0 aliphatic carbocycles. The monoisotopic (exact) mass is 365 g/mol. The van der Waals surface area contributed by atoms with Crippen LogP contribution < -0.4 is 0 Å². The van der Waals surface area contributed by atoms with Crippen LogP contribution >= 0.6 is 27.5 Å². The van der Waals surface area contributed by atoms with Gasteiger partial charge in [0.15, 0.2) is 0 Å². The molecule has 0 radical (unpaired) electrons. The highest BCUT2D eigenvalue weighted by Gasteiger charge is 2.18. The molecule has 2 aromatic rings. The standard InChI is InChI=1S/C17H17BrClNO/c1-3-20(11-13-8-4-5-10-15(13)19)17(21)14-9-6-7-12(2)16(14)18/h4-10H,3,11H2,1-2H3. The largest absolute Gasteiger partial charge is 0.335 e. The van der Waals surface area contributed by atoms with Crippen molar-refractivity contribution in [2.24, 2.45) is 0 Å². The molecule has 2 rings (SSSR count). The smallest absolute Gasteiger partial charge is 0.255 e. The summed E-state index contributed by atoms with van der Waals surface area (Å²) in [6.45, 7) is 5.09. The van der Waals surface area contributed by atoms with E-state index in [1.165, 1.54) is 0 Å². The first-order chi connectivity index (χ1) is 10.0. The van der Waals surface area contributed by atoms with E-state index in [-0.39, 0.29) is 5.91 Å². The van der Waals surface area contributed by atoms with Crippen LogP contribution in [0.4, 0.5) is 0 Å². The maximum Gasteiger partial charge on any atom is 0.255 e. The predicted octanol–water partition coefficient (Wildman–Crippen LogP) is 5.07. The molecule has 4 heteroatoms. The van der Waals surface area contributed by atoms with Crippen molar-refractivity contribution in [2.75, 3.05) is 6.54 Å². The number of carbonyl (C=O) groups is 1. The number of halogens is 2. The summed E-state index contributed by atoms with van der Waals surface area (Å²) in [6.07, 6.45) is 0. The van der Waals surface area contributed by atoms with Gasteiger partial charge in [0, 0.05) is 22.6 Å². The number of nitrogens with zero attached hydrogens (tertiary/aromatic N) is 1. The maximum atomic E-state index is 12.7. The summed E-state index contributed by atoms with van der Waals surface area (Å²) < 4.78 is 0.854. The third kappa shape index (κ3) is 3.66. The van der Waals surface area contributed by atoms with Crippen molar-refractivity contribution < 1.29 is 4.79 Å². The lowest BCUT2D eigenvalue weighted by molar-refractivity contribution is 0.0751. The van der Waals surface area contributed by atoms with Crippen molar-refractivity contribution >= 4 is 33.4 Å². The molecule has 110 valence electrons. The molecule has 0 aliphatic heterocycles. The summed E-state index contributed by atoms with van der Waals surface area (Å²) in [6, 6.07) is 13.3. The fourth-order valence-corrected chi connectivity index (χ4v) is 2.77. The molecule has 2 nitrogen and oxygen atoms in total. The Balaban J connectivity index is 2.27. The van der Waals surface area contributed by atoms with Gasteiger partial charge >= 0.3 is 0 Å². The molecule has 0 bridgehead atoms. The molecule has 21 heavy (non-hydrogen) atoms. The summed E-state index contributed by atoms with van der Waals surface area (Å²) in [7, 11) is 0. The quantitative estimate of drug-likeness (QED) is 0.739. The van der Waals surface area contributed by atoms with Crippen molar-refractivity contribution in [1.29, 1.82) is 0 Å². The number of rotatable bonds is 4. The van der Waals surface area contributed by atoms with Gasteiger partial charge in [-0.15, -0.1) is 0 Å². The van der Waals surface area contributed by atoms with Crippen LogP contribution in [0.2, 0.25) is 5.02 Å². The molecule has 0 saturated heterocycles. The molecule has 0 aromatic heterocycles. The SMILES string of the molecule is CCN(Cc1ccccc1Cl)C(=O)c1cccc(C)c1Br. The summed E-state index contributed by atoms with van der Waals surface area (Å²) in [5.41, 5.74) is 2.69. The van der Waals surface area contributed by atoms with Crippen LogP contribution in [0, 0.1) is 6.92 Å². The molecular formula is C17H17BrClNO. The molecule has 0 fully saturated rings. The van der Waals surface area contributed by atoms with Gasteiger partial charge in [-0.3, -0.25) is 4.79 Å². The van der Waals surface area contributed by atoms with Crippen LogP contribution in [0.15, 0.2) is 46.9 Å². The minimum absolute atomic E-state index is 0.00740. The van der Waals surface area contributed by atoms with Crippen LogP contribution in [-0.4, -0.2) is 17.4 Å². The second kappa shape index (κ2) is 7.10. The molecule has 0 heterocycles. The normalized spacial score (nSPS) is 10.5. The van der Waals surface area contributed by atoms with Gasteiger partial charge in [0.1, 0.15) is 0 Å². The van der Waals surface area contributed by atoms with Crippen molar-refractivity contribution in [3.8, 4) is 0 Å². The van der Waals surface area contributed by atoms with Gasteiger partial charge in [0.25, 0.3) is 5.91 Å². The zero-order chi connectivity index (χ0) is 15.4. The van der Waals surface area contributed by atoms with Crippen LogP contribution in [0.3, 0.4) is 0 Å². The highest BCUT2D eigenvalue weighted by atomic mass is 79.9. The Labute approximate surface area is 138 Å². The number of hydrogen-bond donors (Lipinski definition) is 0. The highest BCUT2D eigenvalue weighted by Crippen LogP contribution is 2.24. The molecular weight excluding hydrogens is 350 g/mol. The van der Waals surface area contributed by atoms with E-state index in [2.05, 4.69) is 15.9 Å². The van der Waals surface area contributed by atoms with Crippen molar-refractivity contribution in [2.45, 2.75) is 20.4 Å². The van der Waals surface area contributed by atoms with Crippen LogP contribution in [-0.2, 0) is 6.54 Å². The molecule has 0 spiro atoms. The number of carbonyl (C=O) groups excluding carboxylic acids is 1. The van der Waals surface area contributed by atoms with E-state index >= 15 is 0 Å². The van der Waals surface area contributed by atoms with E-state index in [4.69, 9.17) is 11.6 Å². The first-order valence-corrected chi connectivity index (χ1v) is 7.99. The van der Waals surface area contributed by atoms with Gasteiger partial charge in [-0.25, -0.2) is 0 Å². The molecule has 1 amide bonds. The summed E-state index contributed by atoms with van der Waals surface area (Å²) >= 11 is 9.69. The topological polar surface area (TPSA) is 20.3 Å². The number of amides is 1. The fourth-order valence-electron chi connectivity index (χ4n) is 2.14. The van der Waals surface area contributed by atoms with Crippen molar-refractivity contribution in [3.05, 3.63) is 68.7 Å². The fraction of sp³-hybridized carbons (Fsp3) is 0.235. The number of benzene rings is 2. The lowest BCUT2D eigenvalue weighted by Crippen LogP contribution is -2.30. The summed E-state index contributed by atoms with van der Waals surface area (Å²) in [5.74, 6) is 0.00740. The third-order valence-electron chi connectivity index (χ3n) is 3.41. The average Bonchev–Trinajstić information content (AvgIpc) is 2.48. The Morgan fingerprint density at radius 1 is 1.19 bits per heavy atom. The summed E-state index contributed by atoms with van der Waals surface area (Å²) in [4.78, 5) is 14.5. The molecule has 0 N–H and O–H groups in total. The van der Waals surface area contributed by atoms with Crippen molar-refractivity contribution in [1.82, 2.24) is 4.90 Å². The van der Waals surface area contributed by atoms with Crippen LogP contribution in [0.5, 0.6) is 0 Å². The maximum absolute atomic E-state index is 12.7. The number of aryl methyl sites for hydroxylation is 1. The second-order valence-corrected chi connectivity index (χ2v) is 6.05. The molecule has 0 atom stereocenters. The van der Waals surface area contributed by atoms with Gasteiger partial charge in [-0.1, -0.05) is 41.9 Å². The van der Waals surface area contributed by atoms with Gasteiger partial charge in [0.05, 0.1) is 5.56 Å². The predicted molar refractivity (Wildman–Crippen MR) is 90.7 cm³/mol. The minimum atomic E-state index is 0.00740. The highest BCUT2D eigenvalue weighted by molar-refractivity contribution is 9.10. The molecule has 0 aliphatic rings. The average molecular weight is 367 g/mol. The Hall–Kier alpha value is -1.32. The summed E-state index contributed by atoms with van der Waals surface area (Å²) in [5, 5.41) is 0.687. The Morgan fingerprint density at radius 2 is 1.90 bits per heavy atom. The van der Waals surface area contributed by atoms with E-state index in [0.717, 1.165) is 15.6 Å². The second-order valence-electron chi connectivity index (χ2n) is 4.85. The molecule has 2 aromatic carbocycles. The van der Waals surface area contributed by atoms with Gasteiger partial charge in [-0.05, 0) is 53.0 Å². The van der Waals surface area contributed by atoms with E-state index < -0.39 is 0 Å².